The standard InChI is InChI=1S/C14H20FNO/c1-2-17-14-6-5-11(9-13(14)15)12(7-8-16)10-3-4-10/h5-6,9-10,12H,2-4,7-8,16H2,1H3. The molecule has 17 heavy (non-hydrogen) atoms. The van der Waals surface area contributed by atoms with Gasteiger partial charge in [-0.25, -0.2) is 4.39 Å². The Morgan fingerprint density at radius 3 is 2.76 bits per heavy atom. The fourth-order valence-electron chi connectivity index (χ4n) is 2.37. The van der Waals surface area contributed by atoms with E-state index in [1.165, 1.54) is 12.8 Å². The Morgan fingerprint density at radius 1 is 1.47 bits per heavy atom. The van der Waals surface area contributed by atoms with Gasteiger partial charge in [0.2, 0.25) is 0 Å². The first-order valence-corrected chi connectivity index (χ1v) is 6.38. The predicted molar refractivity (Wildman–Crippen MR) is 66.7 cm³/mol. The van der Waals surface area contributed by atoms with Crippen molar-refractivity contribution in [1.29, 1.82) is 0 Å². The van der Waals surface area contributed by atoms with Crippen molar-refractivity contribution in [3.05, 3.63) is 29.6 Å². The number of rotatable bonds is 6. The summed E-state index contributed by atoms with van der Waals surface area (Å²) in [7, 11) is 0. The summed E-state index contributed by atoms with van der Waals surface area (Å²) in [5.74, 6) is 1.21. The maximum Gasteiger partial charge on any atom is 0.165 e. The second kappa shape index (κ2) is 5.50. The predicted octanol–water partition coefficient (Wildman–Crippen LogP) is 3.07. The molecule has 0 bridgehead atoms. The van der Waals surface area contributed by atoms with Crippen LogP contribution in [-0.4, -0.2) is 13.2 Å². The third-order valence-electron chi connectivity index (χ3n) is 3.35. The molecule has 3 heteroatoms. The van der Waals surface area contributed by atoms with Crippen molar-refractivity contribution in [1.82, 2.24) is 0 Å². The van der Waals surface area contributed by atoms with Gasteiger partial charge < -0.3 is 10.5 Å². The van der Waals surface area contributed by atoms with Gasteiger partial charge in [-0.05, 0) is 62.3 Å². The molecule has 0 aromatic heterocycles. The first kappa shape index (κ1) is 12.4. The van der Waals surface area contributed by atoms with Gasteiger partial charge >= 0.3 is 0 Å². The molecular weight excluding hydrogens is 217 g/mol. The van der Waals surface area contributed by atoms with Crippen molar-refractivity contribution in [2.24, 2.45) is 11.7 Å². The minimum Gasteiger partial charge on any atom is -0.491 e. The second-order valence-electron chi connectivity index (χ2n) is 4.64. The lowest BCUT2D eigenvalue weighted by atomic mass is 9.91. The van der Waals surface area contributed by atoms with Crippen LogP contribution < -0.4 is 10.5 Å². The molecule has 1 atom stereocenters. The van der Waals surface area contributed by atoms with Crippen LogP contribution in [0.15, 0.2) is 18.2 Å². The van der Waals surface area contributed by atoms with E-state index in [9.17, 15) is 4.39 Å². The fraction of sp³-hybridized carbons (Fsp3) is 0.571. The molecule has 1 saturated carbocycles. The van der Waals surface area contributed by atoms with Crippen molar-refractivity contribution in [3.8, 4) is 5.75 Å². The van der Waals surface area contributed by atoms with Gasteiger partial charge in [-0.1, -0.05) is 6.07 Å². The zero-order valence-electron chi connectivity index (χ0n) is 10.3. The summed E-state index contributed by atoms with van der Waals surface area (Å²) in [6.45, 7) is 3.01. The van der Waals surface area contributed by atoms with Gasteiger partial charge in [0.05, 0.1) is 6.61 Å². The van der Waals surface area contributed by atoms with E-state index in [0.29, 0.717) is 30.7 Å². The SMILES string of the molecule is CCOc1ccc(C(CCN)C2CC2)cc1F. The Bertz CT molecular complexity index is 376. The van der Waals surface area contributed by atoms with Crippen molar-refractivity contribution in [2.75, 3.05) is 13.2 Å². The third-order valence-corrected chi connectivity index (χ3v) is 3.35. The van der Waals surface area contributed by atoms with Crippen LogP contribution in [-0.2, 0) is 0 Å². The molecule has 0 heterocycles. The van der Waals surface area contributed by atoms with Gasteiger partial charge in [-0.15, -0.1) is 0 Å². The van der Waals surface area contributed by atoms with Crippen LogP contribution in [0.4, 0.5) is 4.39 Å². The third kappa shape index (κ3) is 2.97. The van der Waals surface area contributed by atoms with Crippen molar-refractivity contribution >= 4 is 0 Å². The van der Waals surface area contributed by atoms with Crippen LogP contribution in [0, 0.1) is 11.7 Å². The summed E-state index contributed by atoms with van der Waals surface area (Å²) in [4.78, 5) is 0. The Labute approximate surface area is 102 Å². The minimum atomic E-state index is -0.257. The molecule has 0 spiro atoms. The molecule has 1 aromatic carbocycles. The van der Waals surface area contributed by atoms with E-state index in [4.69, 9.17) is 10.5 Å². The maximum atomic E-state index is 13.8. The molecule has 1 aliphatic rings. The normalized spacial score (nSPS) is 16.9. The van der Waals surface area contributed by atoms with E-state index >= 15 is 0 Å². The molecule has 2 nitrogen and oxygen atoms in total. The van der Waals surface area contributed by atoms with E-state index in [0.717, 1.165) is 12.0 Å². The van der Waals surface area contributed by atoms with Crippen LogP contribution in [0.3, 0.4) is 0 Å². The Balaban J connectivity index is 2.16. The summed E-state index contributed by atoms with van der Waals surface area (Å²) in [5, 5.41) is 0. The largest absolute Gasteiger partial charge is 0.491 e. The average Bonchev–Trinajstić information content (AvgIpc) is 3.13. The molecule has 0 amide bonds. The topological polar surface area (TPSA) is 35.2 Å². The first-order chi connectivity index (χ1) is 8.26. The van der Waals surface area contributed by atoms with Crippen LogP contribution in [0.1, 0.15) is 37.7 Å². The maximum absolute atomic E-state index is 13.8. The minimum absolute atomic E-state index is 0.257. The first-order valence-electron chi connectivity index (χ1n) is 6.38. The quantitative estimate of drug-likeness (QED) is 0.825. The van der Waals surface area contributed by atoms with Crippen LogP contribution in [0.2, 0.25) is 0 Å². The highest BCUT2D eigenvalue weighted by Crippen LogP contribution is 2.44. The Hall–Kier alpha value is -1.09. The average molecular weight is 237 g/mol. The zero-order chi connectivity index (χ0) is 12.3. The number of hydrogen-bond acceptors (Lipinski definition) is 2. The lowest BCUT2D eigenvalue weighted by Gasteiger charge is -2.16. The van der Waals surface area contributed by atoms with Gasteiger partial charge in [0.25, 0.3) is 0 Å². The second-order valence-corrected chi connectivity index (χ2v) is 4.64. The van der Waals surface area contributed by atoms with E-state index in [-0.39, 0.29) is 5.82 Å². The summed E-state index contributed by atoms with van der Waals surface area (Å²) in [5.41, 5.74) is 6.70. The van der Waals surface area contributed by atoms with Crippen LogP contribution in [0.5, 0.6) is 5.75 Å². The summed E-state index contributed by atoms with van der Waals surface area (Å²) >= 11 is 0. The number of hydrogen-bond donors (Lipinski definition) is 1. The highest BCUT2D eigenvalue weighted by Gasteiger charge is 2.31. The molecular formula is C14H20FNO. The lowest BCUT2D eigenvalue weighted by Crippen LogP contribution is -2.09. The molecule has 1 fully saturated rings. The summed E-state index contributed by atoms with van der Waals surface area (Å²) in [6.07, 6.45) is 3.44. The van der Waals surface area contributed by atoms with Gasteiger partial charge in [0, 0.05) is 0 Å². The molecule has 2 rings (SSSR count). The molecule has 0 aliphatic heterocycles. The molecule has 94 valence electrons. The fourth-order valence-corrected chi connectivity index (χ4v) is 2.37. The monoisotopic (exact) mass is 237 g/mol. The number of ether oxygens (including phenoxy) is 1. The molecule has 0 saturated heterocycles. The van der Waals surface area contributed by atoms with Crippen molar-refractivity contribution < 1.29 is 9.13 Å². The van der Waals surface area contributed by atoms with Gasteiger partial charge in [-0.2, -0.15) is 0 Å². The highest BCUT2D eigenvalue weighted by molar-refractivity contribution is 5.32. The van der Waals surface area contributed by atoms with Gasteiger partial charge in [0.1, 0.15) is 0 Å². The van der Waals surface area contributed by atoms with E-state index in [1.54, 1.807) is 12.1 Å². The number of halogens is 1. The van der Waals surface area contributed by atoms with E-state index < -0.39 is 0 Å². The van der Waals surface area contributed by atoms with Crippen LogP contribution >= 0.6 is 0 Å². The zero-order valence-corrected chi connectivity index (χ0v) is 10.3. The molecule has 1 aromatic rings. The van der Waals surface area contributed by atoms with Crippen molar-refractivity contribution in [2.45, 2.75) is 32.1 Å². The smallest absolute Gasteiger partial charge is 0.165 e. The molecule has 0 radical (unpaired) electrons. The lowest BCUT2D eigenvalue weighted by molar-refractivity contribution is 0.321. The van der Waals surface area contributed by atoms with Gasteiger partial charge in [0.15, 0.2) is 11.6 Å². The number of nitrogens with two attached hydrogens (primary N) is 1. The summed E-state index contributed by atoms with van der Waals surface area (Å²) < 4.78 is 19.0. The van der Waals surface area contributed by atoms with Crippen molar-refractivity contribution in [3.63, 3.8) is 0 Å². The molecule has 2 N–H and O–H groups in total. The molecule has 1 aliphatic carbocycles. The Kier molecular flexibility index (Phi) is 4.00. The van der Waals surface area contributed by atoms with E-state index in [2.05, 4.69) is 0 Å². The molecule has 1 unspecified atom stereocenters. The Morgan fingerprint density at radius 2 is 2.24 bits per heavy atom. The number of benzene rings is 1. The van der Waals surface area contributed by atoms with E-state index in [1.807, 2.05) is 13.0 Å². The van der Waals surface area contributed by atoms with Gasteiger partial charge in [-0.3, -0.25) is 0 Å². The van der Waals surface area contributed by atoms with Crippen LogP contribution in [0.25, 0.3) is 0 Å². The summed E-state index contributed by atoms with van der Waals surface area (Å²) in [6, 6.07) is 5.33. The highest BCUT2D eigenvalue weighted by atomic mass is 19.1.